The number of hydrogen-bond acceptors (Lipinski definition) is 4. The molecule has 1 unspecified atom stereocenters. The molecule has 1 atom stereocenters. The van der Waals surface area contributed by atoms with Crippen molar-refractivity contribution in [3.8, 4) is 0 Å². The molecular formula is C13H16ClN3O. The van der Waals surface area contributed by atoms with E-state index in [9.17, 15) is 0 Å². The van der Waals surface area contributed by atoms with Crippen LogP contribution in [0, 0.1) is 13.8 Å². The van der Waals surface area contributed by atoms with Gasteiger partial charge >= 0.3 is 0 Å². The molecule has 2 rings (SSSR count). The van der Waals surface area contributed by atoms with Crippen molar-refractivity contribution in [2.24, 2.45) is 0 Å². The second-order valence-electron chi connectivity index (χ2n) is 4.34. The van der Waals surface area contributed by atoms with Crippen LogP contribution in [0.3, 0.4) is 0 Å². The maximum absolute atomic E-state index is 6.13. The minimum absolute atomic E-state index is 0.0670. The van der Waals surface area contributed by atoms with Gasteiger partial charge in [-0.25, -0.2) is 0 Å². The first-order valence-electron chi connectivity index (χ1n) is 5.73. The van der Waals surface area contributed by atoms with Crippen LogP contribution in [0.15, 0.2) is 22.7 Å². The highest BCUT2D eigenvalue weighted by atomic mass is 35.5. The van der Waals surface area contributed by atoms with Gasteiger partial charge in [-0.05, 0) is 39.0 Å². The number of aromatic nitrogens is 1. The van der Waals surface area contributed by atoms with Crippen molar-refractivity contribution in [2.75, 3.05) is 11.1 Å². The van der Waals surface area contributed by atoms with E-state index in [1.165, 1.54) is 0 Å². The molecule has 0 radical (unpaired) electrons. The third kappa shape index (κ3) is 2.43. The average molecular weight is 266 g/mol. The summed E-state index contributed by atoms with van der Waals surface area (Å²) >= 11 is 6.13. The van der Waals surface area contributed by atoms with Crippen LogP contribution in [0.5, 0.6) is 0 Å². The minimum Gasteiger partial charge on any atom is -0.399 e. The van der Waals surface area contributed by atoms with E-state index in [0.29, 0.717) is 10.7 Å². The topological polar surface area (TPSA) is 64.1 Å². The molecule has 96 valence electrons. The molecule has 0 bridgehead atoms. The molecule has 0 amide bonds. The normalized spacial score (nSPS) is 12.4. The molecule has 0 spiro atoms. The summed E-state index contributed by atoms with van der Waals surface area (Å²) in [6.07, 6.45) is 0. The molecular weight excluding hydrogens is 250 g/mol. The molecule has 1 heterocycles. The highest BCUT2D eigenvalue weighted by Gasteiger charge is 2.16. The molecule has 0 fully saturated rings. The first kappa shape index (κ1) is 12.8. The highest BCUT2D eigenvalue weighted by Crippen LogP contribution is 2.30. The van der Waals surface area contributed by atoms with Gasteiger partial charge in [0.1, 0.15) is 5.76 Å². The van der Waals surface area contributed by atoms with Gasteiger partial charge in [0, 0.05) is 11.3 Å². The first-order valence-corrected chi connectivity index (χ1v) is 6.11. The minimum atomic E-state index is 0.0670. The number of anilines is 2. The summed E-state index contributed by atoms with van der Waals surface area (Å²) in [5.41, 5.74) is 9.10. The number of nitrogens with one attached hydrogen (secondary N) is 1. The van der Waals surface area contributed by atoms with Crippen molar-refractivity contribution in [3.05, 3.63) is 40.2 Å². The molecule has 3 N–H and O–H groups in total. The van der Waals surface area contributed by atoms with Gasteiger partial charge < -0.3 is 15.6 Å². The fraction of sp³-hybridized carbons (Fsp3) is 0.308. The lowest BCUT2D eigenvalue weighted by molar-refractivity contribution is 0.392. The largest absolute Gasteiger partial charge is 0.399 e. The van der Waals surface area contributed by atoms with Gasteiger partial charge in [-0.15, -0.1) is 0 Å². The van der Waals surface area contributed by atoms with E-state index in [4.69, 9.17) is 21.9 Å². The van der Waals surface area contributed by atoms with E-state index in [1.807, 2.05) is 32.9 Å². The lowest BCUT2D eigenvalue weighted by Crippen LogP contribution is -2.08. The Morgan fingerprint density at radius 3 is 2.67 bits per heavy atom. The molecule has 5 heteroatoms. The maximum Gasteiger partial charge on any atom is 0.139 e. The van der Waals surface area contributed by atoms with Crippen LogP contribution in [0.1, 0.15) is 30.0 Å². The predicted molar refractivity (Wildman–Crippen MR) is 73.9 cm³/mol. The van der Waals surface area contributed by atoms with Crippen molar-refractivity contribution in [3.63, 3.8) is 0 Å². The van der Waals surface area contributed by atoms with Crippen molar-refractivity contribution in [1.82, 2.24) is 5.16 Å². The Bertz CT molecular complexity index is 546. The predicted octanol–water partition coefficient (Wildman–Crippen LogP) is 3.70. The summed E-state index contributed by atoms with van der Waals surface area (Å²) in [6, 6.07) is 5.47. The van der Waals surface area contributed by atoms with E-state index >= 15 is 0 Å². The molecule has 0 saturated carbocycles. The van der Waals surface area contributed by atoms with Gasteiger partial charge in [0.25, 0.3) is 0 Å². The Balaban J connectivity index is 2.24. The van der Waals surface area contributed by atoms with Crippen LogP contribution in [0.4, 0.5) is 11.4 Å². The lowest BCUT2D eigenvalue weighted by atomic mass is 10.1. The van der Waals surface area contributed by atoms with E-state index in [2.05, 4.69) is 10.5 Å². The average Bonchev–Trinajstić information content (AvgIpc) is 2.62. The molecule has 1 aromatic heterocycles. The molecule has 0 aliphatic rings. The number of nitrogens with zero attached hydrogens (tertiary/aromatic N) is 1. The third-order valence-electron chi connectivity index (χ3n) is 2.89. The van der Waals surface area contributed by atoms with Crippen LogP contribution in [0.2, 0.25) is 5.02 Å². The Kier molecular flexibility index (Phi) is 3.48. The Labute approximate surface area is 111 Å². The quantitative estimate of drug-likeness (QED) is 0.831. The Morgan fingerprint density at radius 1 is 1.39 bits per heavy atom. The summed E-state index contributed by atoms with van der Waals surface area (Å²) < 4.78 is 5.16. The fourth-order valence-electron chi connectivity index (χ4n) is 2.06. The molecule has 1 aromatic carbocycles. The molecule has 2 aromatic rings. The number of nitrogens with two attached hydrogens (primary N) is 1. The van der Waals surface area contributed by atoms with Gasteiger partial charge in [0.2, 0.25) is 0 Å². The number of benzene rings is 1. The molecule has 0 aliphatic heterocycles. The standard InChI is InChI=1S/C13H16ClN3O/c1-7(13-8(2)17-18-9(13)3)16-12-5-4-10(15)6-11(12)14/h4-7,16H,15H2,1-3H3. The van der Waals surface area contributed by atoms with Crippen LogP contribution < -0.4 is 11.1 Å². The van der Waals surface area contributed by atoms with Crippen LogP contribution in [-0.2, 0) is 0 Å². The third-order valence-corrected chi connectivity index (χ3v) is 3.20. The molecule has 0 saturated heterocycles. The van der Waals surface area contributed by atoms with E-state index in [-0.39, 0.29) is 6.04 Å². The summed E-state index contributed by atoms with van der Waals surface area (Å²) in [6.45, 7) is 5.87. The summed E-state index contributed by atoms with van der Waals surface area (Å²) in [5.74, 6) is 0.819. The Hall–Kier alpha value is -1.68. The second kappa shape index (κ2) is 4.90. The van der Waals surface area contributed by atoms with Gasteiger partial charge in [0.15, 0.2) is 0 Å². The van der Waals surface area contributed by atoms with Crippen LogP contribution in [0.25, 0.3) is 0 Å². The summed E-state index contributed by atoms with van der Waals surface area (Å²) in [4.78, 5) is 0. The number of aryl methyl sites for hydroxylation is 2. The van der Waals surface area contributed by atoms with Gasteiger partial charge in [0.05, 0.1) is 22.4 Å². The van der Waals surface area contributed by atoms with Gasteiger partial charge in [-0.3, -0.25) is 0 Å². The zero-order chi connectivity index (χ0) is 13.3. The van der Waals surface area contributed by atoms with Crippen molar-refractivity contribution < 1.29 is 4.52 Å². The zero-order valence-corrected chi connectivity index (χ0v) is 11.4. The molecule has 18 heavy (non-hydrogen) atoms. The monoisotopic (exact) mass is 265 g/mol. The number of halogens is 1. The number of hydrogen-bond donors (Lipinski definition) is 2. The van der Waals surface area contributed by atoms with Crippen LogP contribution in [-0.4, -0.2) is 5.16 Å². The van der Waals surface area contributed by atoms with Crippen molar-refractivity contribution >= 4 is 23.0 Å². The maximum atomic E-state index is 6.13. The summed E-state index contributed by atoms with van der Waals surface area (Å²) in [7, 11) is 0. The van der Waals surface area contributed by atoms with Gasteiger partial charge in [-0.1, -0.05) is 16.8 Å². The fourth-order valence-corrected chi connectivity index (χ4v) is 2.31. The zero-order valence-electron chi connectivity index (χ0n) is 10.6. The Morgan fingerprint density at radius 2 is 2.11 bits per heavy atom. The van der Waals surface area contributed by atoms with E-state index in [0.717, 1.165) is 22.7 Å². The number of rotatable bonds is 3. The smallest absolute Gasteiger partial charge is 0.139 e. The lowest BCUT2D eigenvalue weighted by Gasteiger charge is -2.16. The first-order chi connectivity index (χ1) is 8.49. The van der Waals surface area contributed by atoms with Crippen molar-refractivity contribution in [2.45, 2.75) is 26.8 Å². The van der Waals surface area contributed by atoms with E-state index in [1.54, 1.807) is 6.07 Å². The number of nitrogen functional groups attached to an aromatic ring is 1. The van der Waals surface area contributed by atoms with E-state index < -0.39 is 0 Å². The van der Waals surface area contributed by atoms with Gasteiger partial charge in [-0.2, -0.15) is 0 Å². The SMILES string of the molecule is Cc1noc(C)c1C(C)Nc1ccc(N)cc1Cl. The van der Waals surface area contributed by atoms with Crippen molar-refractivity contribution in [1.29, 1.82) is 0 Å². The summed E-state index contributed by atoms with van der Waals surface area (Å²) in [5, 5.41) is 7.89. The molecule has 4 nitrogen and oxygen atoms in total. The second-order valence-corrected chi connectivity index (χ2v) is 4.75. The highest BCUT2D eigenvalue weighted by molar-refractivity contribution is 6.33. The molecule has 0 aliphatic carbocycles. The van der Waals surface area contributed by atoms with Crippen LogP contribution >= 0.6 is 11.6 Å².